The van der Waals surface area contributed by atoms with E-state index in [1.165, 1.54) is 0 Å². The molecule has 3 aliphatic rings. The molecule has 0 aromatic heterocycles. The van der Waals surface area contributed by atoms with Crippen molar-refractivity contribution in [3.05, 3.63) is 97.1 Å². The van der Waals surface area contributed by atoms with Gasteiger partial charge in [0.05, 0.1) is 29.2 Å². The highest BCUT2D eigenvalue weighted by Crippen LogP contribution is 2.67. The third-order valence-corrected chi connectivity index (χ3v) is 11.3. The van der Waals surface area contributed by atoms with Crippen LogP contribution in [0.5, 0.6) is 0 Å². The molecular weight excluding hydrogens is 558 g/mol. The van der Waals surface area contributed by atoms with Gasteiger partial charge < -0.3 is 19.8 Å². The topological polar surface area (TPSA) is 81.2 Å². The van der Waals surface area contributed by atoms with E-state index < -0.39 is 28.7 Å². The number of carbonyl (C=O) groups is 3. The number of hydrogen-bond acceptors (Lipinski definition) is 5. The molecule has 0 saturated carbocycles. The minimum absolute atomic E-state index is 0.0457. The zero-order chi connectivity index (χ0) is 30.7. The second-order valence-electron chi connectivity index (χ2n) is 12.3. The molecule has 3 fully saturated rings. The van der Waals surface area contributed by atoms with Crippen LogP contribution < -0.4 is 0 Å². The van der Waals surface area contributed by atoms with Crippen LogP contribution in [0.3, 0.4) is 0 Å². The van der Waals surface area contributed by atoms with Crippen molar-refractivity contribution in [2.75, 3.05) is 19.7 Å². The summed E-state index contributed by atoms with van der Waals surface area (Å²) in [5.41, 5.74) is 2.00. The fraction of sp³-hybridized carbons (Fsp3) is 0.457. The summed E-state index contributed by atoms with van der Waals surface area (Å²) in [6.07, 6.45) is 4.88. The predicted octanol–water partition coefficient (Wildman–Crippen LogP) is 4.52. The van der Waals surface area contributed by atoms with Gasteiger partial charge in [0.1, 0.15) is 6.04 Å². The maximum absolute atomic E-state index is 14.7. The number of aliphatic hydroxyl groups is 1. The van der Waals surface area contributed by atoms with E-state index in [4.69, 9.17) is 0 Å². The number of aliphatic hydroxyl groups excluding tert-OH is 1. The third-order valence-electron chi connectivity index (χ3n) is 9.33. The minimum Gasteiger partial charge on any atom is -0.394 e. The maximum Gasteiger partial charge on any atom is 0.247 e. The molecule has 3 saturated heterocycles. The molecule has 3 heterocycles. The summed E-state index contributed by atoms with van der Waals surface area (Å²) in [5.74, 6) is -1.64. The summed E-state index contributed by atoms with van der Waals surface area (Å²) < 4.78 is -0.732. The van der Waals surface area contributed by atoms with Crippen LogP contribution in [0.2, 0.25) is 0 Å². The van der Waals surface area contributed by atoms with Crippen LogP contribution in [0.1, 0.15) is 37.8 Å². The van der Waals surface area contributed by atoms with Crippen molar-refractivity contribution in [1.82, 2.24) is 14.7 Å². The first-order valence-electron chi connectivity index (χ1n) is 15.3. The number of amides is 3. The average molecular weight is 602 g/mol. The molecule has 2 unspecified atom stereocenters. The van der Waals surface area contributed by atoms with E-state index in [1.807, 2.05) is 74.5 Å². The van der Waals surface area contributed by atoms with Gasteiger partial charge in [-0.15, -0.1) is 24.9 Å². The van der Waals surface area contributed by atoms with E-state index in [9.17, 15) is 19.5 Å². The van der Waals surface area contributed by atoms with Crippen molar-refractivity contribution in [3.8, 4) is 0 Å². The van der Waals surface area contributed by atoms with Gasteiger partial charge in [-0.05, 0) is 29.9 Å². The quantitative estimate of drug-likeness (QED) is 0.342. The maximum atomic E-state index is 14.7. The summed E-state index contributed by atoms with van der Waals surface area (Å²) >= 11 is 1.66. The van der Waals surface area contributed by atoms with Crippen LogP contribution >= 0.6 is 11.8 Å². The lowest BCUT2D eigenvalue weighted by Gasteiger charge is -2.40. The van der Waals surface area contributed by atoms with Gasteiger partial charge in [-0.3, -0.25) is 14.4 Å². The number of carbonyl (C=O) groups excluding carboxylic acids is 3. The molecule has 43 heavy (non-hydrogen) atoms. The van der Waals surface area contributed by atoms with Crippen LogP contribution in [0.4, 0.5) is 0 Å². The molecule has 3 amide bonds. The molecular formula is C35H43N3O4S. The van der Waals surface area contributed by atoms with Crippen LogP contribution in [-0.2, 0) is 27.5 Å². The lowest BCUT2D eigenvalue weighted by atomic mass is 9.70. The van der Waals surface area contributed by atoms with Crippen molar-refractivity contribution in [3.63, 3.8) is 0 Å². The highest BCUT2D eigenvalue weighted by atomic mass is 32.2. The number of rotatable bonds is 13. The van der Waals surface area contributed by atoms with E-state index in [2.05, 4.69) is 13.2 Å². The lowest BCUT2D eigenvalue weighted by molar-refractivity contribution is -0.148. The Hall–Kier alpha value is -3.36. The molecule has 1 N–H and O–H groups in total. The van der Waals surface area contributed by atoms with E-state index in [0.717, 1.165) is 17.5 Å². The van der Waals surface area contributed by atoms with Crippen LogP contribution in [-0.4, -0.2) is 79.3 Å². The molecule has 0 aliphatic carbocycles. The first-order valence-corrected chi connectivity index (χ1v) is 16.1. The van der Waals surface area contributed by atoms with Gasteiger partial charge in [0, 0.05) is 31.4 Å². The van der Waals surface area contributed by atoms with Gasteiger partial charge in [0.2, 0.25) is 17.7 Å². The first-order chi connectivity index (χ1) is 20.8. The Morgan fingerprint density at radius 1 is 0.977 bits per heavy atom. The molecule has 1 spiro atoms. The number of fused-ring (bicyclic) bond motifs is 1. The minimum atomic E-state index is -0.775. The van der Waals surface area contributed by atoms with Crippen LogP contribution in [0.15, 0.2) is 86.0 Å². The monoisotopic (exact) mass is 601 g/mol. The molecule has 8 heteroatoms. The summed E-state index contributed by atoms with van der Waals surface area (Å²) in [6, 6.07) is 18.3. The molecule has 2 bridgehead atoms. The first kappa shape index (κ1) is 31.1. The zero-order valence-corrected chi connectivity index (χ0v) is 26.0. The molecule has 6 atom stereocenters. The van der Waals surface area contributed by atoms with E-state index >= 15 is 0 Å². The van der Waals surface area contributed by atoms with Gasteiger partial charge in [-0.2, -0.15) is 0 Å². The molecule has 5 rings (SSSR count). The van der Waals surface area contributed by atoms with Crippen LogP contribution in [0, 0.1) is 17.8 Å². The molecule has 7 nitrogen and oxygen atoms in total. The average Bonchev–Trinajstić information content (AvgIpc) is 3.65. The number of benzene rings is 2. The Bertz CT molecular complexity index is 1340. The van der Waals surface area contributed by atoms with Gasteiger partial charge in [-0.25, -0.2) is 0 Å². The summed E-state index contributed by atoms with van der Waals surface area (Å²) in [6.45, 7) is 13.0. The molecule has 2 aromatic rings. The normalized spacial score (nSPS) is 26.3. The van der Waals surface area contributed by atoms with E-state index in [0.29, 0.717) is 32.6 Å². The van der Waals surface area contributed by atoms with Crippen LogP contribution in [0.25, 0.3) is 0 Å². The van der Waals surface area contributed by atoms with Crippen molar-refractivity contribution in [1.29, 1.82) is 0 Å². The fourth-order valence-electron chi connectivity index (χ4n) is 7.40. The fourth-order valence-corrected chi connectivity index (χ4v) is 9.59. The molecule has 2 aromatic carbocycles. The predicted molar refractivity (Wildman–Crippen MR) is 171 cm³/mol. The number of nitrogens with zero attached hydrogens (tertiary/aromatic N) is 3. The Kier molecular flexibility index (Phi) is 9.47. The Morgan fingerprint density at radius 3 is 2.00 bits per heavy atom. The number of likely N-dealkylation sites (tertiary alicyclic amines) is 1. The zero-order valence-electron chi connectivity index (χ0n) is 25.2. The van der Waals surface area contributed by atoms with Gasteiger partial charge in [0.15, 0.2) is 0 Å². The standard InChI is InChI=1S/C35H43N3O4S/c1-5-19-36(21-25-13-9-7-10-14-25)32(40)29-28-17-18-35(43-28)30(29)33(41)38(27(23-39)24(3)4)31(35)34(42)37(20-6-2)22-26-15-11-8-12-16-26/h5-16,24,27-31,39H,1-2,17-23H2,3-4H3/t27-,28+,29-,30-,31?,35?/m0/s1. The van der Waals surface area contributed by atoms with E-state index in [1.54, 1.807) is 38.6 Å². The smallest absolute Gasteiger partial charge is 0.247 e. The Morgan fingerprint density at radius 2 is 1.51 bits per heavy atom. The third kappa shape index (κ3) is 5.67. The lowest BCUT2D eigenvalue weighted by Crippen LogP contribution is -2.58. The Balaban J connectivity index is 1.54. The Labute approximate surface area is 259 Å². The second-order valence-corrected chi connectivity index (χ2v) is 13.9. The van der Waals surface area contributed by atoms with Gasteiger partial charge in [0.25, 0.3) is 0 Å². The van der Waals surface area contributed by atoms with Crippen molar-refractivity contribution >= 4 is 29.5 Å². The van der Waals surface area contributed by atoms with Crippen molar-refractivity contribution < 1.29 is 19.5 Å². The highest BCUT2D eigenvalue weighted by Gasteiger charge is 2.74. The van der Waals surface area contributed by atoms with E-state index in [-0.39, 0.29) is 35.5 Å². The van der Waals surface area contributed by atoms with Gasteiger partial charge >= 0.3 is 0 Å². The number of hydrogen-bond donors (Lipinski definition) is 1. The molecule has 0 radical (unpaired) electrons. The summed E-state index contributed by atoms with van der Waals surface area (Å²) in [4.78, 5) is 48.9. The number of thioether (sulfide) groups is 1. The van der Waals surface area contributed by atoms with Crippen molar-refractivity contribution in [2.24, 2.45) is 17.8 Å². The summed E-state index contributed by atoms with van der Waals surface area (Å²) in [5, 5.41) is 10.5. The summed E-state index contributed by atoms with van der Waals surface area (Å²) in [7, 11) is 0. The molecule has 228 valence electrons. The molecule has 3 aliphatic heterocycles. The second kappa shape index (κ2) is 13.1. The van der Waals surface area contributed by atoms with Crippen molar-refractivity contribution in [2.45, 2.75) is 61.9 Å². The largest absolute Gasteiger partial charge is 0.394 e. The SMILES string of the molecule is C=CCN(Cc1ccccc1)C(=O)C1N([C@@H](CO)C(C)C)C(=O)[C@@H]2[C@@H](C(=O)N(CC=C)Cc3ccccc3)[C@H]3CCC12S3. The van der Waals surface area contributed by atoms with Gasteiger partial charge in [-0.1, -0.05) is 86.7 Å². The highest BCUT2D eigenvalue weighted by molar-refractivity contribution is 8.02.